The average molecular weight is 370 g/mol. The molecule has 1 saturated heterocycles. The van der Waals surface area contributed by atoms with E-state index in [0.29, 0.717) is 25.1 Å². The van der Waals surface area contributed by atoms with Crippen LogP contribution in [-0.2, 0) is 11.2 Å². The molecule has 146 valence electrons. The summed E-state index contributed by atoms with van der Waals surface area (Å²) < 4.78 is 6.26. The van der Waals surface area contributed by atoms with Gasteiger partial charge in [0.1, 0.15) is 5.75 Å². The highest BCUT2D eigenvalue weighted by Crippen LogP contribution is 2.38. The quantitative estimate of drug-likeness (QED) is 0.837. The molecule has 0 spiro atoms. The van der Waals surface area contributed by atoms with Crippen molar-refractivity contribution in [3.05, 3.63) is 34.9 Å². The summed E-state index contributed by atoms with van der Waals surface area (Å²) in [6, 6.07) is 6.62. The fourth-order valence-corrected chi connectivity index (χ4v) is 4.92. The normalized spacial score (nSPS) is 24.4. The van der Waals surface area contributed by atoms with Gasteiger partial charge in [-0.05, 0) is 79.4 Å². The fraction of sp³-hybridized carbons (Fsp3) is 0.609. The van der Waals surface area contributed by atoms with E-state index in [9.17, 15) is 4.79 Å². The van der Waals surface area contributed by atoms with Gasteiger partial charge < -0.3 is 9.84 Å². The van der Waals surface area contributed by atoms with E-state index in [0.717, 1.165) is 18.7 Å². The molecule has 0 radical (unpaired) electrons. The van der Waals surface area contributed by atoms with E-state index in [1.54, 1.807) is 0 Å². The number of allylic oxidation sites excluding steroid dienone is 1. The summed E-state index contributed by atoms with van der Waals surface area (Å²) in [7, 11) is 0. The highest BCUT2D eigenvalue weighted by molar-refractivity contribution is 5.74. The van der Waals surface area contributed by atoms with Gasteiger partial charge in [0.15, 0.2) is 0 Å². The van der Waals surface area contributed by atoms with Gasteiger partial charge in [0.2, 0.25) is 0 Å². The van der Waals surface area contributed by atoms with Crippen molar-refractivity contribution in [2.24, 2.45) is 11.8 Å². The number of carbonyl (C=O) groups is 1. The Morgan fingerprint density at radius 2 is 1.96 bits per heavy atom. The second-order valence-corrected chi connectivity index (χ2v) is 8.68. The monoisotopic (exact) mass is 369 g/mol. The molecule has 1 aromatic rings. The summed E-state index contributed by atoms with van der Waals surface area (Å²) in [5.41, 5.74) is 5.57. The molecule has 0 amide bonds. The molecule has 1 aromatic carbocycles. The van der Waals surface area contributed by atoms with Crippen LogP contribution in [0, 0.1) is 11.8 Å². The third kappa shape index (κ3) is 3.91. The van der Waals surface area contributed by atoms with Crippen molar-refractivity contribution < 1.29 is 14.6 Å². The van der Waals surface area contributed by atoms with Crippen molar-refractivity contribution in [3.63, 3.8) is 0 Å². The number of hydrogen-bond donors (Lipinski definition) is 1. The van der Waals surface area contributed by atoms with E-state index >= 15 is 0 Å². The van der Waals surface area contributed by atoms with E-state index in [1.165, 1.54) is 54.4 Å². The number of likely N-dealkylation sites (tertiary alicyclic amines) is 1. The Balaban J connectivity index is 1.47. The molecule has 0 aromatic heterocycles. The van der Waals surface area contributed by atoms with Gasteiger partial charge in [-0.3, -0.25) is 9.69 Å². The molecule has 3 aliphatic rings. The minimum Gasteiger partial charge on any atom is -0.490 e. The maximum atomic E-state index is 11.0. The van der Waals surface area contributed by atoms with Gasteiger partial charge in [0.25, 0.3) is 0 Å². The fourth-order valence-electron chi connectivity index (χ4n) is 4.92. The maximum Gasteiger partial charge on any atom is 0.309 e. The molecule has 2 aliphatic carbocycles. The van der Waals surface area contributed by atoms with Crippen molar-refractivity contribution in [2.45, 2.75) is 58.5 Å². The second-order valence-electron chi connectivity index (χ2n) is 8.68. The first kappa shape index (κ1) is 18.5. The SMILES string of the molecule is CC1=C(CN2CC(C(=O)O)C2)C(C)Cc2cc(OC3CCCCC3)ccc21. The molecule has 1 saturated carbocycles. The number of rotatable bonds is 5. The molecular formula is C23H31NO3. The Morgan fingerprint density at radius 1 is 1.22 bits per heavy atom. The summed E-state index contributed by atoms with van der Waals surface area (Å²) in [6.45, 7) is 6.78. The van der Waals surface area contributed by atoms with Gasteiger partial charge in [-0.25, -0.2) is 0 Å². The molecule has 4 rings (SSSR count). The van der Waals surface area contributed by atoms with Crippen LogP contribution in [-0.4, -0.2) is 41.7 Å². The summed E-state index contributed by atoms with van der Waals surface area (Å²) in [4.78, 5) is 13.3. The minimum absolute atomic E-state index is 0.184. The number of aliphatic carboxylic acids is 1. The van der Waals surface area contributed by atoms with Gasteiger partial charge in [-0.1, -0.05) is 19.4 Å². The van der Waals surface area contributed by atoms with Crippen LogP contribution in [0.25, 0.3) is 5.57 Å². The smallest absolute Gasteiger partial charge is 0.309 e. The van der Waals surface area contributed by atoms with Crippen molar-refractivity contribution in [1.82, 2.24) is 4.90 Å². The molecule has 2 fully saturated rings. The lowest BCUT2D eigenvalue weighted by Gasteiger charge is -2.39. The largest absolute Gasteiger partial charge is 0.490 e. The zero-order valence-electron chi connectivity index (χ0n) is 16.5. The molecule has 4 nitrogen and oxygen atoms in total. The third-order valence-electron chi connectivity index (χ3n) is 6.64. The Kier molecular flexibility index (Phi) is 5.27. The van der Waals surface area contributed by atoms with Crippen LogP contribution in [0.1, 0.15) is 57.1 Å². The zero-order valence-corrected chi connectivity index (χ0v) is 16.5. The highest BCUT2D eigenvalue weighted by Gasteiger charge is 2.34. The van der Waals surface area contributed by atoms with Crippen molar-refractivity contribution in [3.8, 4) is 5.75 Å². The van der Waals surface area contributed by atoms with Crippen LogP contribution in [0.5, 0.6) is 5.75 Å². The summed E-state index contributed by atoms with van der Waals surface area (Å²) in [6.07, 6.45) is 7.72. The molecule has 1 unspecified atom stereocenters. The Bertz CT molecular complexity index is 742. The number of nitrogens with zero attached hydrogens (tertiary/aromatic N) is 1. The third-order valence-corrected chi connectivity index (χ3v) is 6.64. The van der Waals surface area contributed by atoms with Crippen LogP contribution in [0.4, 0.5) is 0 Å². The van der Waals surface area contributed by atoms with E-state index < -0.39 is 5.97 Å². The molecule has 0 bridgehead atoms. The Morgan fingerprint density at radius 3 is 2.67 bits per heavy atom. The predicted molar refractivity (Wildman–Crippen MR) is 107 cm³/mol. The van der Waals surface area contributed by atoms with Crippen LogP contribution in [0.15, 0.2) is 23.8 Å². The van der Waals surface area contributed by atoms with E-state index in [1.807, 2.05) is 0 Å². The maximum absolute atomic E-state index is 11.0. The number of carboxylic acids is 1. The summed E-state index contributed by atoms with van der Waals surface area (Å²) >= 11 is 0. The number of carboxylic acid groups (broad SMARTS) is 1. The van der Waals surface area contributed by atoms with Gasteiger partial charge in [0.05, 0.1) is 12.0 Å². The molecular weight excluding hydrogens is 338 g/mol. The van der Waals surface area contributed by atoms with Crippen LogP contribution >= 0.6 is 0 Å². The van der Waals surface area contributed by atoms with Gasteiger partial charge in [0, 0.05) is 19.6 Å². The molecule has 1 heterocycles. The van der Waals surface area contributed by atoms with Gasteiger partial charge in [-0.2, -0.15) is 0 Å². The number of hydrogen-bond acceptors (Lipinski definition) is 3. The number of fused-ring (bicyclic) bond motifs is 1. The topological polar surface area (TPSA) is 49.8 Å². The van der Waals surface area contributed by atoms with E-state index in [2.05, 4.69) is 36.9 Å². The zero-order chi connectivity index (χ0) is 19.0. The lowest BCUT2D eigenvalue weighted by atomic mass is 9.79. The first-order chi connectivity index (χ1) is 13.0. The molecule has 27 heavy (non-hydrogen) atoms. The average Bonchev–Trinajstić information content (AvgIpc) is 2.60. The lowest BCUT2D eigenvalue weighted by molar-refractivity contribution is -0.147. The predicted octanol–water partition coefficient (Wildman–Crippen LogP) is 4.38. The Labute approximate surface area is 162 Å². The summed E-state index contributed by atoms with van der Waals surface area (Å²) in [5.74, 6) is 0.670. The van der Waals surface area contributed by atoms with Crippen molar-refractivity contribution in [1.29, 1.82) is 0 Å². The standard InChI is InChI=1S/C23H31NO3/c1-15-10-17-11-20(27-19-6-4-3-5-7-19)8-9-21(17)16(2)22(15)14-24-12-18(13-24)23(25)26/h8-9,11,15,18-19H,3-7,10,12-14H2,1-2H3,(H,25,26). The van der Waals surface area contributed by atoms with E-state index in [-0.39, 0.29) is 5.92 Å². The molecule has 1 aliphatic heterocycles. The first-order valence-corrected chi connectivity index (χ1v) is 10.5. The molecule has 4 heteroatoms. The van der Waals surface area contributed by atoms with Crippen molar-refractivity contribution >= 4 is 11.5 Å². The van der Waals surface area contributed by atoms with Crippen LogP contribution < -0.4 is 4.74 Å². The summed E-state index contributed by atoms with van der Waals surface area (Å²) in [5, 5.41) is 9.08. The lowest BCUT2D eigenvalue weighted by Crippen LogP contribution is -2.51. The number of ether oxygens (including phenoxy) is 1. The minimum atomic E-state index is -0.663. The molecule has 1 atom stereocenters. The first-order valence-electron chi connectivity index (χ1n) is 10.5. The molecule has 1 N–H and O–H groups in total. The Hall–Kier alpha value is -1.81. The second kappa shape index (κ2) is 7.67. The number of benzene rings is 1. The van der Waals surface area contributed by atoms with Crippen molar-refractivity contribution in [2.75, 3.05) is 19.6 Å². The van der Waals surface area contributed by atoms with Crippen LogP contribution in [0.3, 0.4) is 0 Å². The van der Waals surface area contributed by atoms with Crippen LogP contribution in [0.2, 0.25) is 0 Å². The van der Waals surface area contributed by atoms with Gasteiger partial charge >= 0.3 is 5.97 Å². The van der Waals surface area contributed by atoms with Gasteiger partial charge in [-0.15, -0.1) is 0 Å². The van der Waals surface area contributed by atoms with E-state index in [4.69, 9.17) is 9.84 Å². The highest BCUT2D eigenvalue weighted by atomic mass is 16.5.